The molecule has 1 heterocycles. The van der Waals surface area contributed by atoms with Crippen molar-refractivity contribution in [1.29, 1.82) is 0 Å². The molecule has 3 aromatic rings. The lowest BCUT2D eigenvalue weighted by Crippen LogP contribution is -2.62. The molecule has 0 radical (unpaired) electrons. The maximum Gasteiger partial charge on any atom is 0.336 e. The highest BCUT2D eigenvalue weighted by Crippen LogP contribution is 2.23. The Morgan fingerprint density at radius 3 is 1.87 bits per heavy atom. The number of rotatable bonds is 6. The molecular formula is C25H24BN2O2-. The Morgan fingerprint density at radius 1 is 0.867 bits per heavy atom. The first-order valence-electron chi connectivity index (χ1n) is 10.1. The minimum atomic E-state index is -1.92. The van der Waals surface area contributed by atoms with Gasteiger partial charge in [0.1, 0.15) is 0 Å². The summed E-state index contributed by atoms with van der Waals surface area (Å²) in [6.07, 6.45) is 0. The van der Waals surface area contributed by atoms with Crippen LogP contribution in [0.5, 0.6) is 0 Å². The average Bonchev–Trinajstić information content (AvgIpc) is 2.79. The Labute approximate surface area is 177 Å². The zero-order valence-electron chi connectivity index (χ0n) is 17.2. The summed E-state index contributed by atoms with van der Waals surface area (Å²) in [6, 6.07) is 30.0. The molecule has 4 nitrogen and oxygen atoms in total. The van der Waals surface area contributed by atoms with E-state index in [4.69, 9.17) is 9.56 Å². The van der Waals surface area contributed by atoms with Crippen molar-refractivity contribution < 1.29 is 9.45 Å². The molecule has 1 aliphatic rings. The van der Waals surface area contributed by atoms with E-state index in [-0.39, 0.29) is 5.78 Å². The molecule has 0 unspecified atom stereocenters. The largest absolute Gasteiger partial charge is 0.676 e. The quantitative estimate of drug-likeness (QED) is 0.652. The van der Waals surface area contributed by atoms with E-state index in [1.807, 2.05) is 97.9 Å². The fourth-order valence-corrected chi connectivity index (χ4v) is 3.99. The van der Waals surface area contributed by atoms with Crippen molar-refractivity contribution in [2.75, 3.05) is 0 Å². The summed E-state index contributed by atoms with van der Waals surface area (Å²) in [6.45, 7) is 2.06. The molecule has 3 aromatic carbocycles. The summed E-state index contributed by atoms with van der Waals surface area (Å²) in [5.41, 5.74) is 4.20. The molecule has 150 valence electrons. The smallest absolute Gasteiger partial charge is 0.336 e. The predicted molar refractivity (Wildman–Crippen MR) is 123 cm³/mol. The van der Waals surface area contributed by atoms with Gasteiger partial charge in [-0.2, -0.15) is 0 Å². The van der Waals surface area contributed by atoms with Gasteiger partial charge in [-0.3, -0.25) is 4.79 Å². The summed E-state index contributed by atoms with van der Waals surface area (Å²) in [7, 11) is 0. The van der Waals surface area contributed by atoms with Crippen LogP contribution >= 0.6 is 0 Å². The highest BCUT2D eigenvalue weighted by Gasteiger charge is 2.37. The monoisotopic (exact) mass is 395 g/mol. The van der Waals surface area contributed by atoms with Crippen LogP contribution in [-0.2, 0) is 16.0 Å². The van der Waals surface area contributed by atoms with E-state index >= 15 is 0 Å². The molecule has 1 aliphatic heterocycles. The Bertz CT molecular complexity index is 1050. The molecular weight excluding hydrogens is 371 g/mol. The van der Waals surface area contributed by atoms with Gasteiger partial charge < -0.3 is 14.9 Å². The molecule has 0 fully saturated rings. The summed E-state index contributed by atoms with van der Waals surface area (Å²) in [4.78, 5) is 17.5. The number of hydrogen-bond acceptors (Lipinski definition) is 4. The van der Waals surface area contributed by atoms with Crippen LogP contribution in [0.2, 0.25) is 0 Å². The van der Waals surface area contributed by atoms with Gasteiger partial charge >= 0.3 is 6.48 Å². The summed E-state index contributed by atoms with van der Waals surface area (Å²) < 4.78 is 6.63. The SMILES string of the molecule is CC(=O)C1=C(NCc2ccccc2)O[B-](c2ccccc2)(c2ccccc2)N=C1C. The van der Waals surface area contributed by atoms with Crippen molar-refractivity contribution in [3.8, 4) is 0 Å². The topological polar surface area (TPSA) is 50.7 Å². The molecule has 0 atom stereocenters. The Kier molecular flexibility index (Phi) is 5.53. The van der Waals surface area contributed by atoms with Gasteiger partial charge in [-0.15, -0.1) is 10.9 Å². The predicted octanol–water partition coefficient (Wildman–Crippen LogP) is 3.32. The Balaban J connectivity index is 1.81. The summed E-state index contributed by atoms with van der Waals surface area (Å²) in [5.74, 6) is 0.406. The van der Waals surface area contributed by atoms with E-state index in [2.05, 4.69) is 5.32 Å². The second-order valence-electron chi connectivity index (χ2n) is 7.50. The van der Waals surface area contributed by atoms with Crippen LogP contribution in [-0.4, -0.2) is 18.0 Å². The minimum absolute atomic E-state index is 0.0719. The molecule has 30 heavy (non-hydrogen) atoms. The van der Waals surface area contributed by atoms with Crippen molar-refractivity contribution in [3.05, 3.63) is 108 Å². The maximum absolute atomic E-state index is 12.5. The summed E-state index contributed by atoms with van der Waals surface area (Å²) >= 11 is 0. The molecule has 0 bridgehead atoms. The second kappa shape index (κ2) is 8.41. The van der Waals surface area contributed by atoms with Gasteiger partial charge in [0, 0.05) is 12.3 Å². The molecule has 0 saturated heterocycles. The lowest BCUT2D eigenvalue weighted by Gasteiger charge is -2.45. The second-order valence-corrected chi connectivity index (χ2v) is 7.50. The maximum atomic E-state index is 12.5. The van der Waals surface area contributed by atoms with E-state index in [0.29, 0.717) is 23.7 Å². The number of ketones is 1. The molecule has 0 spiro atoms. The zero-order chi connectivity index (χ0) is 21.0. The van der Waals surface area contributed by atoms with Crippen molar-refractivity contribution in [1.82, 2.24) is 5.32 Å². The average molecular weight is 395 g/mol. The fraction of sp³-hybridized carbons (Fsp3) is 0.120. The van der Waals surface area contributed by atoms with Crippen molar-refractivity contribution in [2.45, 2.75) is 20.4 Å². The van der Waals surface area contributed by atoms with Crippen LogP contribution in [0.4, 0.5) is 0 Å². The highest BCUT2D eigenvalue weighted by atomic mass is 16.5. The third kappa shape index (κ3) is 3.79. The van der Waals surface area contributed by atoms with Gasteiger partial charge in [-0.25, -0.2) is 0 Å². The van der Waals surface area contributed by atoms with E-state index in [0.717, 1.165) is 16.5 Å². The van der Waals surface area contributed by atoms with E-state index in [9.17, 15) is 4.79 Å². The number of carbonyl (C=O) groups is 1. The number of Topliss-reactive ketones (excluding diaryl/α,β-unsaturated/α-hetero) is 1. The summed E-state index contributed by atoms with van der Waals surface area (Å²) in [5, 5.41) is 3.37. The number of carbonyl (C=O) groups excluding carboxylic acids is 1. The third-order valence-electron chi connectivity index (χ3n) is 5.40. The van der Waals surface area contributed by atoms with Crippen molar-refractivity contribution in [3.63, 3.8) is 0 Å². The normalized spacial score (nSPS) is 15.2. The third-order valence-corrected chi connectivity index (χ3v) is 5.40. The minimum Gasteiger partial charge on any atom is -0.676 e. The molecule has 0 amide bonds. The fourth-order valence-electron chi connectivity index (χ4n) is 3.99. The van der Waals surface area contributed by atoms with Crippen LogP contribution < -0.4 is 16.2 Å². The molecule has 0 aromatic heterocycles. The van der Waals surface area contributed by atoms with Gasteiger partial charge in [0.25, 0.3) is 0 Å². The van der Waals surface area contributed by atoms with E-state index in [1.165, 1.54) is 0 Å². The van der Waals surface area contributed by atoms with Crippen LogP contribution in [0.1, 0.15) is 19.4 Å². The van der Waals surface area contributed by atoms with Crippen LogP contribution in [0.3, 0.4) is 0 Å². The molecule has 1 N–H and O–H groups in total. The molecule has 0 saturated carbocycles. The number of nitrogens with zero attached hydrogens (tertiary/aromatic N) is 1. The number of nitrogens with one attached hydrogen (secondary N) is 1. The van der Waals surface area contributed by atoms with Crippen molar-refractivity contribution in [2.24, 2.45) is 4.90 Å². The van der Waals surface area contributed by atoms with Gasteiger partial charge in [0.05, 0.1) is 5.57 Å². The van der Waals surface area contributed by atoms with Crippen molar-refractivity contribution >= 4 is 28.9 Å². The van der Waals surface area contributed by atoms with Crippen LogP contribution in [0.15, 0.2) is 107 Å². The van der Waals surface area contributed by atoms with Gasteiger partial charge in [0.2, 0.25) is 0 Å². The lowest BCUT2D eigenvalue weighted by molar-refractivity contribution is -0.113. The first-order valence-corrected chi connectivity index (χ1v) is 10.1. The Hall–Kier alpha value is -3.60. The number of allylic oxidation sites excluding steroid dienone is 1. The number of hydrogen-bond donors (Lipinski definition) is 1. The van der Waals surface area contributed by atoms with Crippen LogP contribution in [0, 0.1) is 0 Å². The molecule has 5 heteroatoms. The van der Waals surface area contributed by atoms with Gasteiger partial charge in [0.15, 0.2) is 11.7 Å². The highest BCUT2D eigenvalue weighted by molar-refractivity contribution is 6.97. The zero-order valence-corrected chi connectivity index (χ0v) is 17.2. The van der Waals surface area contributed by atoms with Crippen LogP contribution in [0.25, 0.3) is 0 Å². The first-order chi connectivity index (χ1) is 14.6. The van der Waals surface area contributed by atoms with Gasteiger partial charge in [-0.1, -0.05) is 91.0 Å². The standard InChI is InChI=1S/C25H24BN2O2/c1-19-24(20(2)29)25(27-18-21-12-6-3-7-13-21)30-26(28-19,22-14-8-4-9-15-22)23-16-10-5-11-17-23/h3-17,27H,18H2,1-2H3/q-1. The number of benzene rings is 3. The molecule has 0 aliphatic carbocycles. The van der Waals surface area contributed by atoms with Gasteiger partial charge in [-0.05, 0) is 19.4 Å². The first kappa shape index (κ1) is 19.7. The van der Waals surface area contributed by atoms with E-state index in [1.54, 1.807) is 6.92 Å². The molecule has 4 rings (SSSR count). The lowest BCUT2D eigenvalue weighted by atomic mass is 9.42. The Morgan fingerprint density at radius 2 is 1.37 bits per heavy atom. The van der Waals surface area contributed by atoms with E-state index < -0.39 is 6.48 Å².